The summed E-state index contributed by atoms with van der Waals surface area (Å²) in [6, 6.07) is 9.11. The summed E-state index contributed by atoms with van der Waals surface area (Å²) in [6.45, 7) is 11.1. The van der Waals surface area contributed by atoms with Crippen LogP contribution >= 0.6 is 0 Å². The van der Waals surface area contributed by atoms with Gasteiger partial charge >= 0.3 is 5.97 Å². The van der Waals surface area contributed by atoms with Crippen molar-refractivity contribution in [2.24, 2.45) is 5.92 Å². The molecule has 6 heteroatoms. The summed E-state index contributed by atoms with van der Waals surface area (Å²) >= 11 is 0. The van der Waals surface area contributed by atoms with Crippen LogP contribution in [0.5, 0.6) is 0 Å². The van der Waals surface area contributed by atoms with Gasteiger partial charge in [-0.1, -0.05) is 51.1 Å². The minimum absolute atomic E-state index is 0.0757. The molecule has 158 valence electrons. The monoisotopic (exact) mass is 399 g/mol. The number of aryl methyl sites for hydroxylation is 1. The zero-order chi connectivity index (χ0) is 21.6. The van der Waals surface area contributed by atoms with Gasteiger partial charge in [-0.2, -0.15) is 5.10 Å². The Balaban J connectivity index is 2.04. The maximum Gasteiger partial charge on any atom is 0.315 e. The third-order valence-corrected chi connectivity index (χ3v) is 5.60. The third kappa shape index (κ3) is 5.25. The molecule has 1 atom stereocenters. The average molecular weight is 400 g/mol. The number of hydrogen-bond donors (Lipinski definition) is 2. The van der Waals surface area contributed by atoms with Crippen LogP contribution in [0.2, 0.25) is 0 Å². The van der Waals surface area contributed by atoms with Gasteiger partial charge in [-0.15, -0.1) is 0 Å². The Labute approximate surface area is 173 Å². The Hall–Kier alpha value is -2.63. The van der Waals surface area contributed by atoms with E-state index in [0.717, 1.165) is 23.5 Å². The van der Waals surface area contributed by atoms with Crippen LogP contribution in [0.4, 0.5) is 0 Å². The molecular weight excluding hydrogens is 366 g/mol. The SMILES string of the molecule is CCC(CNC(=O)CCc1c(C)nn(CC(C)C)c1C)(C(=O)O)c1ccccc1. The Kier molecular flexibility index (Phi) is 7.59. The van der Waals surface area contributed by atoms with Crippen LogP contribution in [0, 0.1) is 19.8 Å². The second-order valence-corrected chi connectivity index (χ2v) is 8.11. The molecule has 2 aromatic rings. The number of carboxylic acid groups (broad SMARTS) is 1. The van der Waals surface area contributed by atoms with Crippen molar-refractivity contribution in [3.63, 3.8) is 0 Å². The average Bonchev–Trinajstić information content (AvgIpc) is 2.94. The molecule has 0 aliphatic heterocycles. The molecule has 1 amide bonds. The normalized spacial score (nSPS) is 13.3. The van der Waals surface area contributed by atoms with E-state index in [1.807, 2.05) is 43.7 Å². The first-order chi connectivity index (χ1) is 13.7. The van der Waals surface area contributed by atoms with Crippen molar-refractivity contribution in [3.8, 4) is 0 Å². The number of amides is 1. The van der Waals surface area contributed by atoms with E-state index in [-0.39, 0.29) is 12.5 Å². The lowest BCUT2D eigenvalue weighted by atomic mass is 9.78. The third-order valence-electron chi connectivity index (χ3n) is 5.60. The Morgan fingerprint density at radius 1 is 1.21 bits per heavy atom. The number of carbonyl (C=O) groups is 2. The van der Waals surface area contributed by atoms with E-state index in [4.69, 9.17) is 0 Å². The Morgan fingerprint density at radius 3 is 2.41 bits per heavy atom. The molecule has 6 nitrogen and oxygen atoms in total. The molecule has 0 aliphatic carbocycles. The first-order valence-electron chi connectivity index (χ1n) is 10.3. The number of hydrogen-bond acceptors (Lipinski definition) is 3. The van der Waals surface area contributed by atoms with Crippen molar-refractivity contribution in [2.45, 2.75) is 65.8 Å². The van der Waals surface area contributed by atoms with Gasteiger partial charge in [0.15, 0.2) is 0 Å². The molecule has 1 aromatic carbocycles. The smallest absolute Gasteiger partial charge is 0.315 e. The minimum Gasteiger partial charge on any atom is -0.481 e. The number of carboxylic acids is 1. The zero-order valence-electron chi connectivity index (χ0n) is 18.2. The lowest BCUT2D eigenvalue weighted by molar-refractivity contribution is -0.144. The number of rotatable bonds is 10. The van der Waals surface area contributed by atoms with Gasteiger partial charge in [0.2, 0.25) is 5.91 Å². The second kappa shape index (κ2) is 9.72. The van der Waals surface area contributed by atoms with Crippen molar-refractivity contribution in [1.82, 2.24) is 15.1 Å². The van der Waals surface area contributed by atoms with Crippen molar-refractivity contribution in [2.75, 3.05) is 6.54 Å². The largest absolute Gasteiger partial charge is 0.481 e. The van der Waals surface area contributed by atoms with Crippen LogP contribution in [-0.2, 0) is 28.0 Å². The predicted molar refractivity (Wildman–Crippen MR) is 114 cm³/mol. The van der Waals surface area contributed by atoms with E-state index in [2.05, 4.69) is 24.3 Å². The summed E-state index contributed by atoms with van der Waals surface area (Å²) in [7, 11) is 0. The minimum atomic E-state index is -1.12. The molecule has 0 spiro atoms. The molecule has 1 heterocycles. The van der Waals surface area contributed by atoms with Crippen LogP contribution in [0.15, 0.2) is 30.3 Å². The first kappa shape index (κ1) is 22.7. The molecule has 0 radical (unpaired) electrons. The standard InChI is InChI=1S/C23H33N3O3/c1-6-23(22(28)29,19-10-8-7-9-11-19)15-24-21(27)13-12-20-17(4)25-26(18(20)5)14-16(2)3/h7-11,16H,6,12-15H2,1-5H3,(H,24,27)(H,28,29). The highest BCUT2D eigenvalue weighted by Gasteiger charge is 2.38. The van der Waals surface area contributed by atoms with E-state index in [9.17, 15) is 14.7 Å². The van der Waals surface area contributed by atoms with Crippen molar-refractivity contribution < 1.29 is 14.7 Å². The van der Waals surface area contributed by atoms with Crippen molar-refractivity contribution >= 4 is 11.9 Å². The van der Waals surface area contributed by atoms with Gasteiger partial charge in [-0.25, -0.2) is 0 Å². The Morgan fingerprint density at radius 2 is 1.86 bits per heavy atom. The van der Waals surface area contributed by atoms with Gasteiger partial charge in [-0.3, -0.25) is 14.3 Å². The molecule has 2 N–H and O–H groups in total. The number of nitrogens with one attached hydrogen (secondary N) is 1. The summed E-state index contributed by atoms with van der Waals surface area (Å²) < 4.78 is 2.01. The fraction of sp³-hybridized carbons (Fsp3) is 0.522. The van der Waals surface area contributed by atoms with Crippen LogP contribution < -0.4 is 5.32 Å². The molecule has 1 unspecified atom stereocenters. The summed E-state index contributed by atoms with van der Waals surface area (Å²) in [6.07, 6.45) is 1.30. The molecule has 0 bridgehead atoms. The van der Waals surface area contributed by atoms with Crippen molar-refractivity contribution in [3.05, 3.63) is 52.8 Å². The van der Waals surface area contributed by atoms with Gasteiger partial charge in [0.1, 0.15) is 5.41 Å². The highest BCUT2D eigenvalue weighted by molar-refractivity contribution is 5.83. The maximum absolute atomic E-state index is 12.5. The highest BCUT2D eigenvalue weighted by atomic mass is 16.4. The molecule has 0 aliphatic rings. The molecule has 0 saturated heterocycles. The number of carbonyl (C=O) groups excluding carboxylic acids is 1. The number of nitrogens with zero attached hydrogens (tertiary/aromatic N) is 2. The molecule has 1 aromatic heterocycles. The molecular formula is C23H33N3O3. The fourth-order valence-corrected chi connectivity index (χ4v) is 3.73. The molecule has 29 heavy (non-hydrogen) atoms. The molecule has 2 rings (SSSR count). The van der Waals surface area contributed by atoms with Gasteiger partial charge < -0.3 is 10.4 Å². The van der Waals surface area contributed by atoms with E-state index >= 15 is 0 Å². The molecule has 0 fully saturated rings. The number of aromatic nitrogens is 2. The summed E-state index contributed by atoms with van der Waals surface area (Å²) in [4.78, 5) is 24.6. The van der Waals surface area contributed by atoms with Gasteiger partial charge in [0.25, 0.3) is 0 Å². The van der Waals surface area contributed by atoms with Gasteiger partial charge in [-0.05, 0) is 43.7 Å². The topological polar surface area (TPSA) is 84.2 Å². The van der Waals surface area contributed by atoms with Gasteiger partial charge in [0.05, 0.1) is 5.69 Å². The van der Waals surface area contributed by atoms with E-state index in [1.54, 1.807) is 12.1 Å². The number of benzene rings is 1. The summed E-state index contributed by atoms with van der Waals surface area (Å²) in [5.41, 5.74) is 2.74. The number of aliphatic carboxylic acids is 1. The van der Waals surface area contributed by atoms with E-state index in [1.165, 1.54) is 0 Å². The zero-order valence-corrected chi connectivity index (χ0v) is 18.2. The maximum atomic E-state index is 12.5. The fourth-order valence-electron chi connectivity index (χ4n) is 3.73. The molecule has 0 saturated carbocycles. The van der Waals surface area contributed by atoms with Crippen molar-refractivity contribution in [1.29, 1.82) is 0 Å². The first-order valence-corrected chi connectivity index (χ1v) is 10.3. The van der Waals surface area contributed by atoms with Gasteiger partial charge in [0, 0.05) is 25.2 Å². The Bertz CT molecular complexity index is 843. The summed E-state index contributed by atoms with van der Waals surface area (Å²) in [5, 5.41) is 17.3. The quantitative estimate of drug-likeness (QED) is 0.639. The van der Waals surface area contributed by atoms with Crippen LogP contribution in [0.3, 0.4) is 0 Å². The summed E-state index contributed by atoms with van der Waals surface area (Å²) in [5.74, 6) is -0.566. The van der Waals surface area contributed by atoms with Crippen LogP contribution in [0.1, 0.15) is 56.1 Å². The predicted octanol–water partition coefficient (Wildman–Crippen LogP) is 3.64. The highest BCUT2D eigenvalue weighted by Crippen LogP contribution is 2.28. The lowest BCUT2D eigenvalue weighted by Gasteiger charge is -2.29. The van der Waals surface area contributed by atoms with Crippen LogP contribution in [0.25, 0.3) is 0 Å². The van der Waals surface area contributed by atoms with Crippen LogP contribution in [-0.4, -0.2) is 33.3 Å². The second-order valence-electron chi connectivity index (χ2n) is 8.11. The lowest BCUT2D eigenvalue weighted by Crippen LogP contribution is -2.46. The van der Waals surface area contributed by atoms with E-state index < -0.39 is 11.4 Å². The van der Waals surface area contributed by atoms with E-state index in [0.29, 0.717) is 30.7 Å².